The molecular weight excluding hydrogens is 390 g/mol. The maximum Gasteiger partial charge on any atom is 0.255 e. The van der Waals surface area contributed by atoms with Crippen molar-refractivity contribution in [1.82, 2.24) is 4.98 Å². The van der Waals surface area contributed by atoms with E-state index in [2.05, 4.69) is 34.7 Å². The van der Waals surface area contributed by atoms with Crippen LogP contribution >= 0.6 is 11.3 Å². The van der Waals surface area contributed by atoms with Gasteiger partial charge in [0.25, 0.3) is 5.91 Å². The number of nitrogens with zero attached hydrogens (tertiary/aromatic N) is 2. The first-order valence-electron chi connectivity index (χ1n) is 10.9. The van der Waals surface area contributed by atoms with E-state index in [1.807, 2.05) is 36.4 Å². The van der Waals surface area contributed by atoms with Crippen molar-refractivity contribution in [2.75, 3.05) is 23.3 Å². The molecule has 5 heteroatoms. The number of carbonyl (C=O) groups excluding carboxylic acids is 1. The van der Waals surface area contributed by atoms with Gasteiger partial charge in [-0.15, -0.1) is 11.3 Å². The number of hydrogen-bond donors (Lipinski definition) is 1. The molecule has 0 saturated carbocycles. The minimum atomic E-state index is -0.0779. The van der Waals surface area contributed by atoms with Gasteiger partial charge in [0.05, 0.1) is 5.69 Å². The Kier molecular flexibility index (Phi) is 6.80. The fourth-order valence-electron chi connectivity index (χ4n) is 3.76. The van der Waals surface area contributed by atoms with Crippen molar-refractivity contribution in [2.24, 2.45) is 0 Å². The first-order chi connectivity index (χ1) is 14.7. The number of aromatic nitrogens is 1. The molecule has 156 valence electrons. The molecule has 0 radical (unpaired) electrons. The molecule has 4 rings (SSSR count). The Labute approximate surface area is 183 Å². The minimum absolute atomic E-state index is 0.0779. The maximum absolute atomic E-state index is 12.5. The van der Waals surface area contributed by atoms with E-state index in [0.717, 1.165) is 41.6 Å². The normalized spacial score (nSPS) is 14.0. The second kappa shape index (κ2) is 9.90. The second-order valence-electron chi connectivity index (χ2n) is 7.89. The van der Waals surface area contributed by atoms with E-state index >= 15 is 0 Å². The first kappa shape index (κ1) is 20.6. The molecule has 1 saturated heterocycles. The van der Waals surface area contributed by atoms with Crippen LogP contribution in [0.5, 0.6) is 0 Å². The van der Waals surface area contributed by atoms with Gasteiger partial charge in [0.2, 0.25) is 0 Å². The summed E-state index contributed by atoms with van der Waals surface area (Å²) in [4.78, 5) is 19.8. The lowest BCUT2D eigenvalue weighted by molar-refractivity contribution is 0.102. The lowest BCUT2D eigenvalue weighted by atomic mass is 10.1. The molecule has 4 nitrogen and oxygen atoms in total. The molecular formula is C25H29N3OS. The molecule has 0 aliphatic carbocycles. The van der Waals surface area contributed by atoms with Gasteiger partial charge < -0.3 is 10.2 Å². The number of aryl methyl sites for hydroxylation is 1. The number of benzene rings is 2. The average molecular weight is 420 g/mol. The summed E-state index contributed by atoms with van der Waals surface area (Å²) in [6, 6.07) is 15.9. The Hall–Kier alpha value is -2.66. The fraction of sp³-hybridized carbons (Fsp3) is 0.360. The monoisotopic (exact) mass is 419 g/mol. The highest BCUT2D eigenvalue weighted by Crippen LogP contribution is 2.29. The van der Waals surface area contributed by atoms with Crippen molar-refractivity contribution < 1.29 is 4.79 Å². The van der Waals surface area contributed by atoms with Crippen molar-refractivity contribution in [3.8, 4) is 11.3 Å². The van der Waals surface area contributed by atoms with Crippen molar-refractivity contribution in [3.05, 3.63) is 65.0 Å². The number of hydrogen-bond acceptors (Lipinski definition) is 4. The van der Waals surface area contributed by atoms with Crippen molar-refractivity contribution in [3.63, 3.8) is 0 Å². The summed E-state index contributed by atoms with van der Waals surface area (Å²) in [6.07, 6.45) is 7.26. The molecule has 1 aliphatic rings. The third kappa shape index (κ3) is 5.08. The number of thiazole rings is 1. The summed E-state index contributed by atoms with van der Waals surface area (Å²) in [5, 5.41) is 6.23. The van der Waals surface area contributed by atoms with E-state index in [9.17, 15) is 4.79 Å². The number of nitrogens with one attached hydrogen (secondary N) is 1. The molecule has 0 bridgehead atoms. The van der Waals surface area contributed by atoms with Crippen LogP contribution in [0.4, 0.5) is 10.8 Å². The lowest BCUT2D eigenvalue weighted by Gasteiger charge is -2.25. The Bertz CT molecular complexity index is 957. The predicted octanol–water partition coefficient (Wildman–Crippen LogP) is 6.40. The summed E-state index contributed by atoms with van der Waals surface area (Å²) in [5.41, 5.74) is 4.84. The van der Waals surface area contributed by atoms with E-state index in [0.29, 0.717) is 5.56 Å². The summed E-state index contributed by atoms with van der Waals surface area (Å²) in [7, 11) is 0. The summed E-state index contributed by atoms with van der Waals surface area (Å²) >= 11 is 1.71. The maximum atomic E-state index is 12.5. The third-order valence-electron chi connectivity index (χ3n) is 5.59. The first-order valence-corrected chi connectivity index (χ1v) is 11.8. The van der Waals surface area contributed by atoms with E-state index in [-0.39, 0.29) is 5.91 Å². The van der Waals surface area contributed by atoms with Gasteiger partial charge in [-0.25, -0.2) is 4.98 Å². The highest BCUT2D eigenvalue weighted by molar-refractivity contribution is 7.14. The molecule has 0 unspecified atom stereocenters. The Morgan fingerprint density at radius 3 is 2.47 bits per heavy atom. The third-order valence-corrected chi connectivity index (χ3v) is 6.49. The van der Waals surface area contributed by atoms with Crippen LogP contribution in [-0.4, -0.2) is 24.0 Å². The van der Waals surface area contributed by atoms with Gasteiger partial charge >= 0.3 is 0 Å². The molecule has 2 aromatic carbocycles. The van der Waals surface area contributed by atoms with Crippen LogP contribution in [0.25, 0.3) is 11.3 Å². The lowest BCUT2D eigenvalue weighted by Crippen LogP contribution is -2.29. The Balaban J connectivity index is 1.37. The zero-order valence-corrected chi connectivity index (χ0v) is 18.4. The van der Waals surface area contributed by atoms with Gasteiger partial charge in [0, 0.05) is 35.3 Å². The minimum Gasteiger partial charge on any atom is -0.348 e. The van der Waals surface area contributed by atoms with Crippen LogP contribution in [0.2, 0.25) is 0 Å². The summed E-state index contributed by atoms with van der Waals surface area (Å²) < 4.78 is 0. The SMILES string of the molecule is CCCCc1ccc(C(=O)Nc2ccc(-c3csc(N4CCCCC4)n3)cc2)cc1. The predicted molar refractivity (Wildman–Crippen MR) is 127 cm³/mol. The van der Waals surface area contributed by atoms with E-state index in [1.165, 1.54) is 37.7 Å². The van der Waals surface area contributed by atoms with Gasteiger partial charge in [-0.1, -0.05) is 37.6 Å². The Morgan fingerprint density at radius 1 is 1.03 bits per heavy atom. The molecule has 30 heavy (non-hydrogen) atoms. The Morgan fingerprint density at radius 2 is 1.77 bits per heavy atom. The van der Waals surface area contributed by atoms with Crippen LogP contribution < -0.4 is 10.2 Å². The van der Waals surface area contributed by atoms with E-state index in [1.54, 1.807) is 11.3 Å². The highest BCUT2D eigenvalue weighted by Gasteiger charge is 2.15. The van der Waals surface area contributed by atoms with Crippen LogP contribution in [0.1, 0.15) is 54.9 Å². The fourth-order valence-corrected chi connectivity index (χ4v) is 4.65. The number of anilines is 2. The molecule has 0 spiro atoms. The molecule has 1 aliphatic heterocycles. The highest BCUT2D eigenvalue weighted by atomic mass is 32.1. The van der Waals surface area contributed by atoms with Gasteiger partial charge in [-0.05, 0) is 61.9 Å². The number of unbranched alkanes of at least 4 members (excludes halogenated alkanes) is 1. The number of carbonyl (C=O) groups is 1. The van der Waals surface area contributed by atoms with Gasteiger partial charge in [0.15, 0.2) is 5.13 Å². The molecule has 1 fully saturated rings. The van der Waals surface area contributed by atoms with Crippen molar-refractivity contribution in [1.29, 1.82) is 0 Å². The molecule has 1 aromatic heterocycles. The van der Waals surface area contributed by atoms with Gasteiger partial charge in [0.1, 0.15) is 0 Å². The van der Waals surface area contributed by atoms with Crippen molar-refractivity contribution in [2.45, 2.75) is 45.4 Å². The quantitative estimate of drug-likeness (QED) is 0.482. The molecule has 1 amide bonds. The zero-order chi connectivity index (χ0) is 20.8. The second-order valence-corrected chi connectivity index (χ2v) is 8.73. The van der Waals surface area contributed by atoms with Crippen LogP contribution in [-0.2, 0) is 6.42 Å². The molecule has 1 N–H and O–H groups in total. The number of amides is 1. The largest absolute Gasteiger partial charge is 0.348 e. The van der Waals surface area contributed by atoms with Crippen LogP contribution in [0.3, 0.4) is 0 Å². The summed E-state index contributed by atoms with van der Waals surface area (Å²) in [6.45, 7) is 4.41. The van der Waals surface area contributed by atoms with Crippen LogP contribution in [0.15, 0.2) is 53.9 Å². The van der Waals surface area contributed by atoms with E-state index < -0.39 is 0 Å². The smallest absolute Gasteiger partial charge is 0.255 e. The van der Waals surface area contributed by atoms with Gasteiger partial charge in [-0.2, -0.15) is 0 Å². The van der Waals surface area contributed by atoms with Crippen molar-refractivity contribution >= 4 is 28.1 Å². The molecule has 3 aromatic rings. The zero-order valence-electron chi connectivity index (χ0n) is 17.6. The standard InChI is InChI=1S/C25H29N3OS/c1-2-3-7-19-8-10-21(11-9-19)24(29)26-22-14-12-20(13-15-22)23-18-30-25(27-23)28-16-5-4-6-17-28/h8-15,18H,2-7,16-17H2,1H3,(H,26,29). The topological polar surface area (TPSA) is 45.2 Å². The van der Waals surface area contributed by atoms with Crippen LogP contribution in [0, 0.1) is 0 Å². The van der Waals surface area contributed by atoms with Gasteiger partial charge in [-0.3, -0.25) is 4.79 Å². The number of piperidine rings is 1. The molecule has 2 heterocycles. The van der Waals surface area contributed by atoms with E-state index in [4.69, 9.17) is 4.98 Å². The average Bonchev–Trinajstić information content (AvgIpc) is 3.29. The summed E-state index contributed by atoms with van der Waals surface area (Å²) in [5.74, 6) is -0.0779. The molecule has 0 atom stereocenters. The number of rotatable bonds is 7.